The van der Waals surface area contributed by atoms with Gasteiger partial charge in [-0.3, -0.25) is 4.40 Å². The Hall–Kier alpha value is -3.72. The quantitative estimate of drug-likeness (QED) is 0.266. The Morgan fingerprint density at radius 3 is 1.91 bits per heavy atom. The first-order valence-corrected chi connectivity index (χ1v) is 11.7. The van der Waals surface area contributed by atoms with Crippen molar-refractivity contribution in [1.29, 1.82) is 0 Å². The Labute approximate surface area is 193 Å². The highest BCUT2D eigenvalue weighted by molar-refractivity contribution is 6.21. The third kappa shape index (κ3) is 2.88. The molecule has 0 unspecified atom stereocenters. The molecular formula is C30H27N3. The fourth-order valence-electron chi connectivity index (χ4n) is 5.26. The molecule has 33 heavy (non-hydrogen) atoms. The highest BCUT2D eigenvalue weighted by Gasteiger charge is 2.22. The van der Waals surface area contributed by atoms with E-state index in [-0.39, 0.29) is 0 Å². The zero-order valence-corrected chi connectivity index (χ0v) is 19.5. The molecule has 0 radical (unpaired) electrons. The van der Waals surface area contributed by atoms with Crippen LogP contribution in [-0.4, -0.2) is 14.4 Å². The minimum absolute atomic E-state index is 0.407. The molecule has 0 spiro atoms. The maximum Gasteiger partial charge on any atom is 0.147 e. The van der Waals surface area contributed by atoms with Gasteiger partial charge >= 0.3 is 0 Å². The molecule has 3 heterocycles. The van der Waals surface area contributed by atoms with Crippen LogP contribution < -0.4 is 0 Å². The molecule has 3 nitrogen and oxygen atoms in total. The summed E-state index contributed by atoms with van der Waals surface area (Å²) in [5.41, 5.74) is 7.04. The number of rotatable bonds is 3. The fraction of sp³-hybridized carbons (Fsp3) is 0.200. The van der Waals surface area contributed by atoms with Crippen LogP contribution in [0.2, 0.25) is 0 Å². The zero-order chi connectivity index (χ0) is 22.7. The molecule has 6 aromatic rings. The lowest BCUT2D eigenvalue weighted by molar-refractivity contribution is 0.836. The van der Waals surface area contributed by atoms with E-state index in [1.54, 1.807) is 0 Å². The molecule has 0 aliphatic rings. The summed E-state index contributed by atoms with van der Waals surface area (Å²) in [7, 11) is 0. The van der Waals surface area contributed by atoms with Crippen molar-refractivity contribution >= 4 is 38.2 Å². The molecule has 0 bridgehead atoms. The topological polar surface area (TPSA) is 30.2 Å². The van der Waals surface area contributed by atoms with E-state index in [1.807, 2.05) is 12.4 Å². The summed E-state index contributed by atoms with van der Waals surface area (Å²) >= 11 is 0. The first-order chi connectivity index (χ1) is 16.1. The third-order valence-corrected chi connectivity index (χ3v) is 6.82. The predicted octanol–water partition coefficient (Wildman–Crippen LogP) is 8.10. The summed E-state index contributed by atoms with van der Waals surface area (Å²) in [5, 5.41) is 5.91. The Morgan fingerprint density at radius 1 is 0.606 bits per heavy atom. The van der Waals surface area contributed by atoms with Crippen LogP contribution >= 0.6 is 0 Å². The molecule has 3 aromatic carbocycles. The summed E-state index contributed by atoms with van der Waals surface area (Å²) in [5.74, 6) is 0.814. The maximum absolute atomic E-state index is 5.02. The smallest absolute Gasteiger partial charge is 0.147 e. The van der Waals surface area contributed by atoms with Crippen molar-refractivity contribution in [2.45, 2.75) is 39.5 Å². The van der Waals surface area contributed by atoms with Gasteiger partial charge in [-0.2, -0.15) is 0 Å². The van der Waals surface area contributed by atoms with Crippen LogP contribution in [0.15, 0.2) is 79.1 Å². The minimum atomic E-state index is 0.407. The SMILES string of the molecule is CC(C)c1cccc(C(C)C)c1-c1cnc2c3ccccc3c3c4ccccc4cnc3n12. The molecule has 0 aliphatic heterocycles. The van der Waals surface area contributed by atoms with Gasteiger partial charge in [0.15, 0.2) is 0 Å². The summed E-state index contributed by atoms with van der Waals surface area (Å²) in [6.45, 7) is 9.08. The van der Waals surface area contributed by atoms with E-state index in [9.17, 15) is 0 Å². The van der Waals surface area contributed by atoms with E-state index in [0.717, 1.165) is 27.8 Å². The van der Waals surface area contributed by atoms with Gasteiger partial charge in [0.1, 0.15) is 11.3 Å². The molecule has 0 atom stereocenters. The van der Waals surface area contributed by atoms with Gasteiger partial charge in [-0.25, -0.2) is 9.97 Å². The highest BCUT2D eigenvalue weighted by Crippen LogP contribution is 2.40. The van der Waals surface area contributed by atoms with Gasteiger partial charge in [-0.1, -0.05) is 94.4 Å². The Balaban J connectivity index is 1.87. The van der Waals surface area contributed by atoms with Gasteiger partial charge in [0, 0.05) is 27.9 Å². The first kappa shape index (κ1) is 19.9. The van der Waals surface area contributed by atoms with Gasteiger partial charge in [0.2, 0.25) is 0 Å². The summed E-state index contributed by atoms with van der Waals surface area (Å²) < 4.78 is 2.29. The molecule has 0 aliphatic carbocycles. The molecule has 0 saturated heterocycles. The van der Waals surface area contributed by atoms with E-state index in [0.29, 0.717) is 11.8 Å². The average molecular weight is 430 g/mol. The average Bonchev–Trinajstić information content (AvgIpc) is 3.28. The molecule has 0 saturated carbocycles. The standard InChI is InChI=1S/C30H27N3/c1-18(2)21-14-9-15-22(19(3)4)27(21)26-17-32-29-25-13-8-7-12-24(25)28-23-11-6-5-10-20(23)16-31-30(28)33(26)29/h5-19H,1-4H3. The van der Waals surface area contributed by atoms with Crippen LogP contribution in [0.5, 0.6) is 0 Å². The zero-order valence-electron chi connectivity index (χ0n) is 19.5. The van der Waals surface area contributed by atoms with Crippen LogP contribution in [0, 0.1) is 0 Å². The third-order valence-electron chi connectivity index (χ3n) is 6.82. The fourth-order valence-corrected chi connectivity index (χ4v) is 5.26. The van der Waals surface area contributed by atoms with Crippen molar-refractivity contribution in [3.8, 4) is 11.3 Å². The summed E-state index contributed by atoms with van der Waals surface area (Å²) in [4.78, 5) is 10.00. The van der Waals surface area contributed by atoms with Crippen LogP contribution in [-0.2, 0) is 0 Å². The normalized spacial score (nSPS) is 12.2. The Morgan fingerprint density at radius 2 is 1.21 bits per heavy atom. The molecule has 3 aromatic heterocycles. The molecule has 0 fully saturated rings. The number of imidazole rings is 1. The second kappa shape index (κ2) is 7.41. The molecular weight excluding hydrogens is 402 g/mol. The van der Waals surface area contributed by atoms with Crippen LogP contribution in [0.1, 0.15) is 50.7 Å². The van der Waals surface area contributed by atoms with E-state index < -0.39 is 0 Å². The Bertz CT molecular complexity index is 1650. The number of nitrogens with zero attached hydrogens (tertiary/aromatic N) is 3. The molecule has 6 rings (SSSR count). The van der Waals surface area contributed by atoms with E-state index in [2.05, 4.69) is 98.8 Å². The summed E-state index contributed by atoms with van der Waals surface area (Å²) in [6.07, 6.45) is 4.04. The van der Waals surface area contributed by atoms with Gasteiger partial charge in [0.05, 0.1) is 11.9 Å². The van der Waals surface area contributed by atoms with Crippen molar-refractivity contribution in [2.75, 3.05) is 0 Å². The second-order valence-electron chi connectivity index (χ2n) is 9.51. The number of aromatic nitrogens is 3. The number of benzene rings is 3. The van der Waals surface area contributed by atoms with Gasteiger partial charge in [0.25, 0.3) is 0 Å². The monoisotopic (exact) mass is 429 g/mol. The molecule has 0 amide bonds. The van der Waals surface area contributed by atoms with E-state index in [4.69, 9.17) is 9.97 Å². The Kier molecular flexibility index (Phi) is 4.48. The van der Waals surface area contributed by atoms with Crippen LogP contribution in [0.4, 0.5) is 0 Å². The van der Waals surface area contributed by atoms with Crippen molar-refractivity contribution in [1.82, 2.24) is 14.4 Å². The summed E-state index contributed by atoms with van der Waals surface area (Å²) in [6, 6.07) is 23.8. The van der Waals surface area contributed by atoms with Crippen molar-refractivity contribution in [2.24, 2.45) is 0 Å². The van der Waals surface area contributed by atoms with Gasteiger partial charge in [-0.15, -0.1) is 0 Å². The molecule has 162 valence electrons. The first-order valence-electron chi connectivity index (χ1n) is 11.7. The predicted molar refractivity (Wildman–Crippen MR) is 139 cm³/mol. The lowest BCUT2D eigenvalue weighted by Gasteiger charge is -2.20. The van der Waals surface area contributed by atoms with Crippen molar-refractivity contribution in [3.05, 3.63) is 90.3 Å². The van der Waals surface area contributed by atoms with Crippen molar-refractivity contribution < 1.29 is 0 Å². The van der Waals surface area contributed by atoms with Crippen molar-refractivity contribution in [3.63, 3.8) is 0 Å². The van der Waals surface area contributed by atoms with Crippen LogP contribution in [0.3, 0.4) is 0 Å². The second-order valence-corrected chi connectivity index (χ2v) is 9.51. The number of hydrogen-bond donors (Lipinski definition) is 0. The van der Waals surface area contributed by atoms with Gasteiger partial charge in [-0.05, 0) is 33.7 Å². The number of pyridine rings is 2. The maximum atomic E-state index is 5.02. The number of hydrogen-bond acceptors (Lipinski definition) is 2. The highest BCUT2D eigenvalue weighted by atomic mass is 15.1. The number of fused-ring (bicyclic) bond motifs is 8. The van der Waals surface area contributed by atoms with Crippen LogP contribution in [0.25, 0.3) is 49.5 Å². The van der Waals surface area contributed by atoms with E-state index >= 15 is 0 Å². The molecule has 0 N–H and O–H groups in total. The minimum Gasteiger partial charge on any atom is -0.276 e. The lowest BCUT2D eigenvalue weighted by atomic mass is 9.87. The van der Waals surface area contributed by atoms with E-state index in [1.165, 1.54) is 32.8 Å². The lowest BCUT2D eigenvalue weighted by Crippen LogP contribution is -2.03. The molecule has 3 heteroatoms. The largest absolute Gasteiger partial charge is 0.276 e. The van der Waals surface area contributed by atoms with Gasteiger partial charge < -0.3 is 0 Å².